The van der Waals surface area contributed by atoms with Crippen molar-refractivity contribution in [3.8, 4) is 0 Å². The summed E-state index contributed by atoms with van der Waals surface area (Å²) in [5, 5.41) is -0.573. The molecule has 0 saturated carbocycles. The van der Waals surface area contributed by atoms with E-state index in [4.69, 9.17) is 11.6 Å². The summed E-state index contributed by atoms with van der Waals surface area (Å²) in [5.41, 5.74) is 0. The normalized spacial score (nSPS) is 13.8. The molecule has 13 heavy (non-hydrogen) atoms. The van der Waals surface area contributed by atoms with Crippen LogP contribution in [0.15, 0.2) is 0 Å². The molecule has 0 heterocycles. The van der Waals surface area contributed by atoms with Crippen LogP contribution >= 0.6 is 11.6 Å². The van der Waals surface area contributed by atoms with E-state index in [9.17, 15) is 13.2 Å². The van der Waals surface area contributed by atoms with Gasteiger partial charge in [-0.3, -0.25) is 4.79 Å². The third-order valence-electron chi connectivity index (χ3n) is 1.14. The lowest BCUT2D eigenvalue weighted by molar-refractivity contribution is -0.144. The van der Waals surface area contributed by atoms with Gasteiger partial charge in [0.1, 0.15) is 11.3 Å². The van der Waals surface area contributed by atoms with Gasteiger partial charge in [0.15, 0.2) is 0 Å². The lowest BCUT2D eigenvalue weighted by atomic mass is 10.4. The summed E-state index contributed by atoms with van der Waals surface area (Å²) in [4.78, 5) is 10.9. The zero-order valence-corrected chi connectivity index (χ0v) is 8.98. The fourth-order valence-corrected chi connectivity index (χ4v) is 1.50. The standard InChI is InChI=1S/C6H12ClNO4S/c1-3-12-6(9)5(2)8-13(10,11)4-7/h5,8H,3-4H2,1-2H3. The minimum absolute atomic E-state index is 0.214. The number of ether oxygens (including phenoxy) is 1. The fourth-order valence-electron chi connectivity index (χ4n) is 0.616. The topological polar surface area (TPSA) is 72.5 Å². The molecule has 0 aliphatic heterocycles. The lowest BCUT2D eigenvalue weighted by Gasteiger charge is -2.10. The highest BCUT2D eigenvalue weighted by Crippen LogP contribution is 1.94. The van der Waals surface area contributed by atoms with Crippen LogP contribution in [0.4, 0.5) is 0 Å². The van der Waals surface area contributed by atoms with E-state index in [1.165, 1.54) is 6.92 Å². The van der Waals surface area contributed by atoms with Gasteiger partial charge in [-0.1, -0.05) is 0 Å². The van der Waals surface area contributed by atoms with Crippen molar-refractivity contribution in [3.63, 3.8) is 0 Å². The van der Waals surface area contributed by atoms with Crippen LogP contribution in [0.5, 0.6) is 0 Å². The zero-order chi connectivity index (χ0) is 10.5. The van der Waals surface area contributed by atoms with Crippen molar-refractivity contribution in [1.82, 2.24) is 4.72 Å². The van der Waals surface area contributed by atoms with E-state index in [0.29, 0.717) is 0 Å². The van der Waals surface area contributed by atoms with Crippen LogP contribution in [0.25, 0.3) is 0 Å². The third-order valence-corrected chi connectivity index (χ3v) is 3.00. The van der Waals surface area contributed by atoms with Gasteiger partial charge in [-0.05, 0) is 13.8 Å². The fraction of sp³-hybridized carbons (Fsp3) is 0.833. The Labute approximate surface area is 82.5 Å². The van der Waals surface area contributed by atoms with E-state index in [1.54, 1.807) is 6.92 Å². The van der Waals surface area contributed by atoms with Gasteiger partial charge in [-0.15, -0.1) is 11.6 Å². The summed E-state index contributed by atoms with van der Waals surface area (Å²) in [7, 11) is -3.57. The number of halogens is 1. The molecule has 0 rings (SSSR count). The first-order chi connectivity index (χ1) is 5.93. The van der Waals surface area contributed by atoms with Gasteiger partial charge in [-0.2, -0.15) is 0 Å². The monoisotopic (exact) mass is 229 g/mol. The molecule has 1 unspecified atom stereocenters. The second-order valence-electron chi connectivity index (χ2n) is 2.32. The second-order valence-corrected chi connectivity index (χ2v) is 4.65. The van der Waals surface area contributed by atoms with E-state index in [0.717, 1.165) is 0 Å². The molecule has 0 bridgehead atoms. The van der Waals surface area contributed by atoms with Crippen LogP contribution in [-0.4, -0.2) is 32.2 Å². The number of alkyl halides is 1. The summed E-state index contributed by atoms with van der Waals surface area (Å²) in [6.45, 7) is 3.24. The average molecular weight is 230 g/mol. The van der Waals surface area contributed by atoms with Gasteiger partial charge in [0.25, 0.3) is 0 Å². The molecule has 0 amide bonds. The number of carbonyl (C=O) groups excluding carboxylic acids is 1. The third kappa shape index (κ3) is 5.07. The first-order valence-electron chi connectivity index (χ1n) is 3.65. The van der Waals surface area contributed by atoms with Crippen LogP contribution in [0.1, 0.15) is 13.8 Å². The largest absolute Gasteiger partial charge is 0.465 e. The second kappa shape index (κ2) is 5.41. The quantitative estimate of drug-likeness (QED) is 0.534. The molecule has 78 valence electrons. The predicted octanol–water partition coefficient (Wildman–Crippen LogP) is 0.0537. The number of carbonyl (C=O) groups is 1. The van der Waals surface area contributed by atoms with Gasteiger partial charge in [0.2, 0.25) is 10.0 Å². The lowest BCUT2D eigenvalue weighted by Crippen LogP contribution is -2.39. The van der Waals surface area contributed by atoms with Gasteiger partial charge < -0.3 is 4.74 Å². The van der Waals surface area contributed by atoms with Crippen molar-refractivity contribution >= 4 is 27.6 Å². The number of hydrogen-bond donors (Lipinski definition) is 1. The number of hydrogen-bond acceptors (Lipinski definition) is 4. The van der Waals surface area contributed by atoms with Crippen molar-refractivity contribution in [2.24, 2.45) is 0 Å². The Morgan fingerprint density at radius 3 is 2.54 bits per heavy atom. The number of rotatable bonds is 5. The van der Waals surface area contributed by atoms with E-state index in [-0.39, 0.29) is 6.61 Å². The number of sulfonamides is 1. The highest BCUT2D eigenvalue weighted by molar-refractivity contribution is 7.90. The van der Waals surface area contributed by atoms with E-state index < -0.39 is 27.2 Å². The zero-order valence-electron chi connectivity index (χ0n) is 7.41. The van der Waals surface area contributed by atoms with Gasteiger partial charge in [-0.25, -0.2) is 13.1 Å². The van der Waals surface area contributed by atoms with Crippen LogP contribution in [-0.2, 0) is 19.6 Å². The molecule has 0 aliphatic carbocycles. The Morgan fingerprint density at radius 2 is 2.15 bits per heavy atom. The summed E-state index contributed by atoms with van der Waals surface area (Å²) in [5.74, 6) is -0.615. The molecular weight excluding hydrogens is 218 g/mol. The Bertz CT molecular complexity index is 264. The van der Waals surface area contributed by atoms with Crippen molar-refractivity contribution in [1.29, 1.82) is 0 Å². The van der Waals surface area contributed by atoms with Crippen LogP contribution in [0, 0.1) is 0 Å². The van der Waals surface area contributed by atoms with Gasteiger partial charge >= 0.3 is 5.97 Å². The summed E-state index contributed by atoms with van der Waals surface area (Å²) in [6.07, 6.45) is 0. The molecule has 0 fully saturated rings. The van der Waals surface area contributed by atoms with Crippen LogP contribution < -0.4 is 4.72 Å². The first-order valence-corrected chi connectivity index (χ1v) is 5.84. The SMILES string of the molecule is CCOC(=O)C(C)NS(=O)(=O)CCl. The molecule has 0 aliphatic rings. The van der Waals surface area contributed by atoms with Crippen molar-refractivity contribution in [2.75, 3.05) is 11.8 Å². The van der Waals surface area contributed by atoms with Crippen LogP contribution in [0.2, 0.25) is 0 Å². The molecule has 0 aromatic heterocycles. The summed E-state index contributed by atoms with van der Waals surface area (Å²) >= 11 is 5.12. The summed E-state index contributed by atoms with van der Waals surface area (Å²) in [6, 6.07) is -0.899. The van der Waals surface area contributed by atoms with E-state index in [1.807, 2.05) is 0 Å². The first kappa shape index (κ1) is 12.7. The molecule has 1 atom stereocenters. The Hall–Kier alpha value is -0.330. The number of esters is 1. The molecule has 5 nitrogen and oxygen atoms in total. The molecule has 0 aromatic rings. The minimum atomic E-state index is -3.57. The maximum absolute atomic E-state index is 10.9. The maximum atomic E-state index is 10.9. The highest BCUT2D eigenvalue weighted by Gasteiger charge is 2.19. The van der Waals surface area contributed by atoms with Gasteiger partial charge in [0.05, 0.1) is 6.61 Å². The Morgan fingerprint density at radius 1 is 1.62 bits per heavy atom. The predicted molar refractivity (Wildman–Crippen MR) is 48.9 cm³/mol. The average Bonchev–Trinajstić information content (AvgIpc) is 2.04. The van der Waals surface area contributed by atoms with Crippen molar-refractivity contribution in [2.45, 2.75) is 19.9 Å². The van der Waals surface area contributed by atoms with Crippen molar-refractivity contribution in [3.05, 3.63) is 0 Å². The minimum Gasteiger partial charge on any atom is -0.465 e. The molecule has 0 aromatic carbocycles. The molecule has 0 radical (unpaired) electrons. The Balaban J connectivity index is 4.15. The summed E-state index contributed by atoms with van der Waals surface area (Å²) < 4.78 is 28.4. The van der Waals surface area contributed by atoms with E-state index >= 15 is 0 Å². The van der Waals surface area contributed by atoms with Gasteiger partial charge in [0, 0.05) is 0 Å². The highest BCUT2D eigenvalue weighted by atomic mass is 35.5. The molecular formula is C6H12ClNO4S. The smallest absolute Gasteiger partial charge is 0.323 e. The van der Waals surface area contributed by atoms with Crippen molar-refractivity contribution < 1.29 is 17.9 Å². The Kier molecular flexibility index (Phi) is 5.27. The van der Waals surface area contributed by atoms with Crippen LogP contribution in [0.3, 0.4) is 0 Å². The molecule has 0 saturated heterocycles. The van der Waals surface area contributed by atoms with E-state index in [2.05, 4.69) is 9.46 Å². The molecule has 0 spiro atoms. The molecule has 7 heteroatoms. The number of nitrogens with one attached hydrogen (secondary N) is 1. The molecule has 1 N–H and O–H groups in total. The maximum Gasteiger partial charge on any atom is 0.323 e.